The molecule has 0 bridgehead atoms. The largest absolute Gasteiger partial charge is 0.573 e. The molecule has 1 aromatic carbocycles. The number of anilines is 2. The predicted molar refractivity (Wildman–Crippen MR) is 135 cm³/mol. The Labute approximate surface area is 217 Å². The Morgan fingerprint density at radius 2 is 1.79 bits per heavy atom. The van der Waals surface area contributed by atoms with E-state index in [0.717, 1.165) is 18.6 Å². The van der Waals surface area contributed by atoms with E-state index in [-0.39, 0.29) is 28.9 Å². The van der Waals surface area contributed by atoms with E-state index in [9.17, 15) is 26.4 Å². The average Bonchev–Trinajstić information content (AvgIpc) is 3.09. The van der Waals surface area contributed by atoms with Gasteiger partial charge in [0.1, 0.15) is 17.4 Å². The molecule has 1 saturated heterocycles. The Morgan fingerprint density at radius 1 is 1.11 bits per heavy atom. The van der Waals surface area contributed by atoms with Crippen molar-refractivity contribution in [2.75, 3.05) is 17.2 Å². The number of amides is 1. The lowest BCUT2D eigenvalue weighted by Crippen LogP contribution is -2.43. The second-order valence-electron chi connectivity index (χ2n) is 9.47. The van der Waals surface area contributed by atoms with Gasteiger partial charge in [0.05, 0.1) is 11.3 Å². The number of ether oxygens (including phenoxy) is 1. The smallest absolute Gasteiger partial charge is 0.406 e. The van der Waals surface area contributed by atoms with Gasteiger partial charge in [0, 0.05) is 17.6 Å². The number of hydrogen-bond acceptors (Lipinski definition) is 8. The first kappa shape index (κ1) is 27.2. The fourth-order valence-corrected chi connectivity index (χ4v) is 5.18. The Hall–Kier alpha value is -3.87. The highest BCUT2D eigenvalue weighted by atomic mass is 32.2. The molecule has 38 heavy (non-hydrogen) atoms. The third-order valence-corrected chi connectivity index (χ3v) is 7.93. The number of carbonyl (C=O) groups excluding carboxylic acids is 1. The van der Waals surface area contributed by atoms with Crippen LogP contribution in [0.4, 0.5) is 24.8 Å². The second kappa shape index (κ2) is 9.78. The SMILES string of the molecule is CC1CCN(c2nc(-c3ccc(OC(F)(F)F)cc3)ccc2C(=O)NS(=O)(=O)c2cccc(N)n2)C1(C)C. The third kappa shape index (κ3) is 5.67. The van der Waals surface area contributed by atoms with Gasteiger partial charge in [0.25, 0.3) is 15.9 Å². The summed E-state index contributed by atoms with van der Waals surface area (Å²) in [6.45, 7) is 6.63. The highest BCUT2D eigenvalue weighted by Crippen LogP contribution is 2.39. The van der Waals surface area contributed by atoms with Gasteiger partial charge in [-0.2, -0.15) is 8.42 Å². The molecule has 1 fully saturated rings. The molecule has 0 aliphatic carbocycles. The van der Waals surface area contributed by atoms with Crippen LogP contribution in [0.15, 0.2) is 59.6 Å². The molecule has 0 spiro atoms. The van der Waals surface area contributed by atoms with Crippen molar-refractivity contribution in [1.82, 2.24) is 14.7 Å². The molecule has 1 atom stereocenters. The van der Waals surface area contributed by atoms with E-state index in [0.29, 0.717) is 17.8 Å². The number of hydrogen-bond donors (Lipinski definition) is 2. The van der Waals surface area contributed by atoms with Gasteiger partial charge >= 0.3 is 6.36 Å². The molecule has 0 saturated carbocycles. The van der Waals surface area contributed by atoms with E-state index >= 15 is 0 Å². The number of nitrogens with one attached hydrogen (secondary N) is 1. The molecule has 202 valence electrons. The van der Waals surface area contributed by atoms with Crippen molar-refractivity contribution < 1.29 is 31.1 Å². The van der Waals surface area contributed by atoms with Crippen molar-refractivity contribution in [3.8, 4) is 17.0 Å². The topological polar surface area (TPSA) is 128 Å². The molecule has 1 aliphatic rings. The van der Waals surface area contributed by atoms with Crippen LogP contribution >= 0.6 is 0 Å². The van der Waals surface area contributed by atoms with Gasteiger partial charge in [-0.1, -0.05) is 13.0 Å². The molecule has 1 unspecified atom stereocenters. The van der Waals surface area contributed by atoms with Crippen LogP contribution in [-0.4, -0.2) is 42.7 Å². The monoisotopic (exact) mass is 549 g/mol. The van der Waals surface area contributed by atoms with Crippen molar-refractivity contribution in [1.29, 1.82) is 0 Å². The van der Waals surface area contributed by atoms with E-state index in [1.165, 1.54) is 42.5 Å². The molecule has 13 heteroatoms. The minimum Gasteiger partial charge on any atom is -0.406 e. The zero-order chi connectivity index (χ0) is 27.9. The minimum absolute atomic E-state index is 0.0143. The zero-order valence-electron chi connectivity index (χ0n) is 20.8. The van der Waals surface area contributed by atoms with Gasteiger partial charge < -0.3 is 15.4 Å². The standard InChI is InChI=1S/C25H26F3N5O4S/c1-15-13-14-33(24(15,2)3)22-18(23(34)32-38(35,36)21-6-4-5-20(29)31-21)11-12-19(30-22)16-7-9-17(10-8-16)37-25(26,27)28/h4-12,15H,13-14H2,1-3H3,(H2,29,31)(H,32,34). The van der Waals surface area contributed by atoms with Gasteiger partial charge in [0.15, 0.2) is 5.03 Å². The summed E-state index contributed by atoms with van der Waals surface area (Å²) in [6, 6.07) is 12.1. The Bertz CT molecular complexity index is 1460. The number of rotatable bonds is 6. The second-order valence-corrected chi connectivity index (χ2v) is 11.1. The van der Waals surface area contributed by atoms with Crippen LogP contribution in [0, 0.1) is 5.92 Å². The lowest BCUT2D eigenvalue weighted by Gasteiger charge is -2.36. The molecule has 3 aromatic rings. The normalized spacial score (nSPS) is 17.3. The van der Waals surface area contributed by atoms with Gasteiger partial charge in [-0.05, 0) is 74.7 Å². The van der Waals surface area contributed by atoms with Crippen molar-refractivity contribution in [2.45, 2.75) is 44.1 Å². The van der Waals surface area contributed by atoms with Crippen molar-refractivity contribution in [3.63, 3.8) is 0 Å². The summed E-state index contributed by atoms with van der Waals surface area (Å²) in [4.78, 5) is 23.7. The molecule has 3 N–H and O–H groups in total. The van der Waals surface area contributed by atoms with E-state index in [2.05, 4.69) is 21.6 Å². The lowest BCUT2D eigenvalue weighted by molar-refractivity contribution is -0.274. The fourth-order valence-electron chi connectivity index (χ4n) is 4.24. The molecular weight excluding hydrogens is 523 g/mol. The first-order chi connectivity index (χ1) is 17.7. The molecule has 0 radical (unpaired) electrons. The van der Waals surface area contributed by atoms with E-state index in [4.69, 9.17) is 5.73 Å². The van der Waals surface area contributed by atoms with Crippen LogP contribution in [0.2, 0.25) is 0 Å². The number of sulfonamides is 1. The van der Waals surface area contributed by atoms with Gasteiger partial charge in [-0.15, -0.1) is 13.2 Å². The minimum atomic E-state index is -4.82. The summed E-state index contributed by atoms with van der Waals surface area (Å²) >= 11 is 0. The number of halogens is 3. The van der Waals surface area contributed by atoms with Gasteiger partial charge in [-0.25, -0.2) is 14.7 Å². The maximum atomic E-state index is 13.3. The number of pyridine rings is 2. The van der Waals surface area contributed by atoms with Crippen molar-refractivity contribution >= 4 is 27.6 Å². The number of carbonyl (C=O) groups is 1. The summed E-state index contributed by atoms with van der Waals surface area (Å²) in [6.07, 6.45) is -4.00. The maximum Gasteiger partial charge on any atom is 0.573 e. The zero-order valence-corrected chi connectivity index (χ0v) is 21.6. The highest BCUT2D eigenvalue weighted by molar-refractivity contribution is 7.90. The van der Waals surface area contributed by atoms with E-state index < -0.39 is 32.9 Å². The summed E-state index contributed by atoms with van der Waals surface area (Å²) in [5.74, 6) is -0.824. The van der Waals surface area contributed by atoms with Crippen LogP contribution in [0.5, 0.6) is 5.75 Å². The third-order valence-electron chi connectivity index (χ3n) is 6.69. The Morgan fingerprint density at radius 3 is 2.37 bits per heavy atom. The molecule has 2 aromatic heterocycles. The first-order valence-corrected chi connectivity index (χ1v) is 13.1. The van der Waals surface area contributed by atoms with Crippen LogP contribution < -0.4 is 20.1 Å². The first-order valence-electron chi connectivity index (χ1n) is 11.6. The quantitative estimate of drug-likeness (QED) is 0.464. The molecule has 1 aliphatic heterocycles. The average molecular weight is 550 g/mol. The molecular formula is C25H26F3N5O4S. The summed E-state index contributed by atoms with van der Waals surface area (Å²) in [5, 5.41) is -0.409. The molecule has 4 rings (SSSR count). The van der Waals surface area contributed by atoms with Gasteiger partial charge in [0.2, 0.25) is 0 Å². The van der Waals surface area contributed by atoms with Crippen molar-refractivity contribution in [3.05, 3.63) is 60.2 Å². The molecule has 9 nitrogen and oxygen atoms in total. The van der Waals surface area contributed by atoms with Crippen LogP contribution in [0.25, 0.3) is 11.3 Å². The molecule has 1 amide bonds. The summed E-state index contributed by atoms with van der Waals surface area (Å²) < 4.78 is 69.2. The number of aromatic nitrogens is 2. The summed E-state index contributed by atoms with van der Waals surface area (Å²) in [7, 11) is -4.33. The predicted octanol–water partition coefficient (Wildman–Crippen LogP) is 4.37. The maximum absolute atomic E-state index is 13.3. The highest BCUT2D eigenvalue weighted by Gasteiger charge is 2.41. The molecule has 3 heterocycles. The number of alkyl halides is 3. The van der Waals surface area contributed by atoms with Crippen LogP contribution in [0.3, 0.4) is 0 Å². The number of nitrogens with zero attached hydrogens (tertiary/aromatic N) is 3. The summed E-state index contributed by atoms with van der Waals surface area (Å²) in [5.41, 5.74) is 6.05. The van der Waals surface area contributed by atoms with Gasteiger partial charge in [-0.3, -0.25) is 4.79 Å². The lowest BCUT2D eigenvalue weighted by atomic mass is 9.90. The van der Waals surface area contributed by atoms with Crippen LogP contribution in [-0.2, 0) is 10.0 Å². The van der Waals surface area contributed by atoms with Crippen LogP contribution in [0.1, 0.15) is 37.6 Å². The number of nitrogens with two attached hydrogens (primary N) is 1. The van der Waals surface area contributed by atoms with Crippen molar-refractivity contribution in [2.24, 2.45) is 5.92 Å². The fraction of sp³-hybridized carbons (Fsp3) is 0.320. The Kier molecular flexibility index (Phi) is 6.99. The Balaban J connectivity index is 1.73. The van der Waals surface area contributed by atoms with E-state index in [1.54, 1.807) is 0 Å². The number of benzene rings is 1. The number of nitrogen functional groups attached to an aromatic ring is 1. The van der Waals surface area contributed by atoms with E-state index in [1.807, 2.05) is 23.5 Å².